The molecule has 2 aromatic rings. The van der Waals surface area contributed by atoms with Crippen LogP contribution < -0.4 is 5.32 Å². The van der Waals surface area contributed by atoms with E-state index in [1.54, 1.807) is 0 Å². The molecule has 2 nitrogen and oxygen atoms in total. The summed E-state index contributed by atoms with van der Waals surface area (Å²) in [7, 11) is 0. The lowest BCUT2D eigenvalue weighted by molar-refractivity contribution is -0.172. The molecule has 0 fully saturated rings. The lowest BCUT2D eigenvalue weighted by Crippen LogP contribution is -2.20. The number of fused-ring (bicyclic) bond motifs is 1. The van der Waals surface area contributed by atoms with Crippen molar-refractivity contribution in [2.45, 2.75) is 6.18 Å². The summed E-state index contributed by atoms with van der Waals surface area (Å²) in [4.78, 5) is 0. The lowest BCUT2D eigenvalue weighted by atomic mass is 10.1. The van der Waals surface area contributed by atoms with Gasteiger partial charge in [0.25, 0.3) is 0 Å². The molecule has 0 aliphatic rings. The fraction of sp³-hybridized carbons (Fsp3) is 0.286. The zero-order valence-electron chi connectivity index (χ0n) is 10.5. The van der Waals surface area contributed by atoms with Gasteiger partial charge >= 0.3 is 6.18 Å². The predicted octanol–water partition coefficient (Wildman–Crippen LogP) is 4.59. The monoisotopic (exact) mass is 347 g/mol. The van der Waals surface area contributed by atoms with Crippen LogP contribution in [0.1, 0.15) is 0 Å². The second kappa shape index (κ2) is 6.45. The quantitative estimate of drug-likeness (QED) is 0.798. The van der Waals surface area contributed by atoms with Gasteiger partial charge in [-0.05, 0) is 35.0 Å². The van der Waals surface area contributed by atoms with Crippen molar-refractivity contribution in [2.75, 3.05) is 25.1 Å². The number of rotatable bonds is 5. The highest BCUT2D eigenvalue weighted by Gasteiger charge is 2.27. The highest BCUT2D eigenvalue weighted by atomic mass is 79.9. The molecule has 0 spiro atoms. The van der Waals surface area contributed by atoms with E-state index in [1.807, 2.05) is 36.4 Å². The summed E-state index contributed by atoms with van der Waals surface area (Å²) in [5.74, 6) is 0. The molecule has 1 N–H and O–H groups in total. The number of ether oxygens (including phenoxy) is 1. The Morgan fingerprint density at radius 1 is 1.05 bits per heavy atom. The molecule has 0 saturated carbocycles. The van der Waals surface area contributed by atoms with Crippen molar-refractivity contribution in [1.82, 2.24) is 0 Å². The van der Waals surface area contributed by atoms with Crippen LogP contribution in [0.15, 0.2) is 40.9 Å². The number of benzene rings is 2. The topological polar surface area (TPSA) is 21.3 Å². The van der Waals surface area contributed by atoms with Crippen LogP contribution in [0.25, 0.3) is 10.8 Å². The van der Waals surface area contributed by atoms with Crippen LogP contribution in [0.2, 0.25) is 0 Å². The van der Waals surface area contributed by atoms with Gasteiger partial charge in [-0.2, -0.15) is 13.2 Å². The Labute approximate surface area is 123 Å². The molecule has 0 radical (unpaired) electrons. The Morgan fingerprint density at radius 2 is 1.75 bits per heavy atom. The summed E-state index contributed by atoms with van der Waals surface area (Å²) >= 11 is 3.40. The van der Waals surface area contributed by atoms with Gasteiger partial charge in [-0.3, -0.25) is 0 Å². The molecule has 0 heterocycles. The fourth-order valence-corrected chi connectivity index (χ4v) is 2.16. The third-order valence-electron chi connectivity index (χ3n) is 2.64. The second-order valence-electron chi connectivity index (χ2n) is 4.30. The van der Waals surface area contributed by atoms with Gasteiger partial charge in [0.15, 0.2) is 0 Å². The third-order valence-corrected chi connectivity index (χ3v) is 3.14. The van der Waals surface area contributed by atoms with Crippen molar-refractivity contribution in [3.63, 3.8) is 0 Å². The molecule has 0 aliphatic heterocycles. The molecule has 0 atom stereocenters. The summed E-state index contributed by atoms with van der Waals surface area (Å²) in [6.07, 6.45) is -4.27. The predicted molar refractivity (Wildman–Crippen MR) is 77.0 cm³/mol. The molecule has 0 unspecified atom stereocenters. The minimum absolute atomic E-state index is 0.0118. The van der Waals surface area contributed by atoms with E-state index in [-0.39, 0.29) is 6.61 Å². The smallest absolute Gasteiger partial charge is 0.383 e. The average molecular weight is 348 g/mol. The van der Waals surface area contributed by atoms with Crippen LogP contribution in [0, 0.1) is 0 Å². The van der Waals surface area contributed by atoms with Crippen molar-refractivity contribution >= 4 is 32.4 Å². The van der Waals surface area contributed by atoms with Gasteiger partial charge in [-0.15, -0.1) is 0 Å². The summed E-state index contributed by atoms with van der Waals surface area (Å²) in [5.41, 5.74) is 0.857. The lowest BCUT2D eigenvalue weighted by Gasteiger charge is -2.10. The molecule has 0 saturated heterocycles. The molecule has 108 valence electrons. The summed E-state index contributed by atoms with van der Waals surface area (Å²) in [6.45, 7) is -0.865. The van der Waals surface area contributed by atoms with E-state index in [2.05, 4.69) is 26.0 Å². The number of hydrogen-bond acceptors (Lipinski definition) is 2. The van der Waals surface area contributed by atoms with E-state index < -0.39 is 12.8 Å². The second-order valence-corrected chi connectivity index (χ2v) is 5.22. The minimum Gasteiger partial charge on any atom is -0.383 e. The van der Waals surface area contributed by atoms with E-state index in [0.717, 1.165) is 20.9 Å². The molecule has 6 heteroatoms. The first-order valence-corrected chi connectivity index (χ1v) is 6.81. The van der Waals surface area contributed by atoms with E-state index in [9.17, 15) is 13.2 Å². The molecular formula is C14H13BrF3NO. The summed E-state index contributed by atoms with van der Waals surface area (Å²) in [6, 6.07) is 11.7. The van der Waals surface area contributed by atoms with Gasteiger partial charge in [0.1, 0.15) is 6.61 Å². The maximum Gasteiger partial charge on any atom is 0.411 e. The van der Waals surface area contributed by atoms with Crippen molar-refractivity contribution < 1.29 is 17.9 Å². The van der Waals surface area contributed by atoms with E-state index in [4.69, 9.17) is 0 Å². The van der Waals surface area contributed by atoms with Gasteiger partial charge in [-0.25, -0.2) is 0 Å². The maximum atomic E-state index is 11.9. The highest BCUT2D eigenvalue weighted by Crippen LogP contribution is 2.22. The maximum absolute atomic E-state index is 11.9. The van der Waals surface area contributed by atoms with Crippen molar-refractivity contribution in [3.05, 3.63) is 40.9 Å². The number of anilines is 1. The van der Waals surface area contributed by atoms with Crippen LogP contribution in [0.3, 0.4) is 0 Å². The first-order chi connectivity index (χ1) is 9.44. The molecule has 0 aliphatic carbocycles. The normalized spacial score (nSPS) is 11.8. The zero-order valence-corrected chi connectivity index (χ0v) is 12.1. The van der Waals surface area contributed by atoms with Gasteiger partial charge in [0.05, 0.1) is 6.61 Å². The Hall–Kier alpha value is -1.27. The summed E-state index contributed by atoms with van der Waals surface area (Å²) < 4.78 is 41.1. The Balaban J connectivity index is 1.86. The Morgan fingerprint density at radius 3 is 2.50 bits per heavy atom. The van der Waals surface area contributed by atoms with Crippen LogP contribution in [0.4, 0.5) is 18.9 Å². The molecule has 0 aromatic heterocycles. The Bertz CT molecular complexity index is 586. The number of nitrogens with one attached hydrogen (secondary N) is 1. The van der Waals surface area contributed by atoms with Crippen molar-refractivity contribution in [2.24, 2.45) is 0 Å². The number of hydrogen-bond donors (Lipinski definition) is 1. The van der Waals surface area contributed by atoms with Crippen LogP contribution in [-0.2, 0) is 4.74 Å². The molecule has 2 rings (SSSR count). The van der Waals surface area contributed by atoms with Crippen LogP contribution in [-0.4, -0.2) is 25.9 Å². The standard InChI is InChI=1S/C14H13BrF3NO/c15-12-3-1-11-8-13(4-2-10(11)7-12)19-5-6-20-9-14(16,17)18/h1-4,7-8,19H,5-6,9H2. The number of halogens is 4. The zero-order chi connectivity index (χ0) is 14.6. The van der Waals surface area contributed by atoms with Crippen LogP contribution in [0.5, 0.6) is 0 Å². The Kier molecular flexibility index (Phi) is 4.88. The van der Waals surface area contributed by atoms with Gasteiger partial charge in [-0.1, -0.05) is 28.1 Å². The number of alkyl halides is 3. The van der Waals surface area contributed by atoms with Crippen molar-refractivity contribution in [1.29, 1.82) is 0 Å². The van der Waals surface area contributed by atoms with Gasteiger partial charge < -0.3 is 10.1 Å². The van der Waals surface area contributed by atoms with Gasteiger partial charge in [0, 0.05) is 16.7 Å². The molecule has 0 bridgehead atoms. The molecular weight excluding hydrogens is 335 g/mol. The average Bonchev–Trinajstić information content (AvgIpc) is 2.37. The fourth-order valence-electron chi connectivity index (χ4n) is 1.78. The largest absolute Gasteiger partial charge is 0.411 e. The van der Waals surface area contributed by atoms with Crippen molar-refractivity contribution in [3.8, 4) is 0 Å². The minimum atomic E-state index is -4.27. The van der Waals surface area contributed by atoms with Gasteiger partial charge in [0.2, 0.25) is 0 Å². The first-order valence-electron chi connectivity index (χ1n) is 6.02. The first kappa shape index (κ1) is 15.1. The summed E-state index contributed by atoms with van der Waals surface area (Å²) in [5, 5.41) is 5.19. The molecule has 0 amide bonds. The SMILES string of the molecule is FC(F)(F)COCCNc1ccc2cc(Br)ccc2c1. The van der Waals surface area contributed by atoms with Crippen LogP contribution >= 0.6 is 15.9 Å². The third kappa shape index (κ3) is 4.68. The van der Waals surface area contributed by atoms with E-state index in [0.29, 0.717) is 6.54 Å². The van der Waals surface area contributed by atoms with E-state index >= 15 is 0 Å². The highest BCUT2D eigenvalue weighted by molar-refractivity contribution is 9.10. The van der Waals surface area contributed by atoms with E-state index in [1.165, 1.54) is 0 Å². The molecule has 2 aromatic carbocycles. The molecule has 20 heavy (non-hydrogen) atoms.